The Hall–Kier alpha value is 0.960. The predicted octanol–water partition coefficient (Wildman–Crippen LogP) is 2.85. The van der Waals surface area contributed by atoms with E-state index in [1.807, 2.05) is 0 Å². The number of thiol groups is 4. The molecule has 1 aliphatic rings. The summed E-state index contributed by atoms with van der Waals surface area (Å²) in [6, 6.07) is 0. The fourth-order valence-electron chi connectivity index (χ4n) is 2.60. The van der Waals surface area contributed by atoms with Crippen LogP contribution in [0.1, 0.15) is 12.8 Å². The minimum Gasteiger partial charge on any atom is -0.356 e. The first-order chi connectivity index (χ1) is 12.2. The summed E-state index contributed by atoms with van der Waals surface area (Å²) in [6.45, 7) is 6.22. The van der Waals surface area contributed by atoms with Crippen LogP contribution in [0.2, 0.25) is 0 Å². The van der Waals surface area contributed by atoms with Crippen LogP contribution in [0, 0.1) is 0 Å². The van der Waals surface area contributed by atoms with Gasteiger partial charge in [-0.3, -0.25) is 0 Å². The first-order valence-corrected chi connectivity index (χ1v) is 11.6. The summed E-state index contributed by atoms with van der Waals surface area (Å²) in [6.07, 6.45) is 1.80. The molecule has 0 atom stereocenters. The molecule has 1 rings (SSSR count). The summed E-state index contributed by atoms with van der Waals surface area (Å²) >= 11 is 38.5. The summed E-state index contributed by atoms with van der Waals surface area (Å²) in [7, 11) is 0. The molecule has 1 saturated heterocycles. The number of nitrogens with zero attached hydrogens (tertiary/aromatic N) is 4. The van der Waals surface area contributed by atoms with Crippen molar-refractivity contribution in [2.75, 3.05) is 52.4 Å². The van der Waals surface area contributed by atoms with Crippen molar-refractivity contribution in [3.05, 3.63) is 0 Å². The third-order valence-corrected chi connectivity index (χ3v) is 6.24. The van der Waals surface area contributed by atoms with Crippen molar-refractivity contribution < 1.29 is 0 Å². The van der Waals surface area contributed by atoms with Crippen molar-refractivity contribution >= 4 is 117 Å². The van der Waals surface area contributed by atoms with Gasteiger partial charge in [-0.25, -0.2) is 0 Å². The number of thiocarbonyl (C=S) groups is 4. The van der Waals surface area contributed by atoms with E-state index in [1.165, 1.54) is 0 Å². The Morgan fingerprint density at radius 2 is 0.615 bits per heavy atom. The molecule has 0 aliphatic carbocycles. The average molecular weight is 505 g/mol. The summed E-state index contributed by atoms with van der Waals surface area (Å²) in [5.41, 5.74) is 0. The Morgan fingerprint density at radius 1 is 0.423 bits per heavy atom. The quantitative estimate of drug-likeness (QED) is 0.293. The highest BCUT2D eigenvalue weighted by atomic mass is 32.1. The van der Waals surface area contributed by atoms with Gasteiger partial charge in [0.15, 0.2) is 0 Å². The summed E-state index contributed by atoms with van der Waals surface area (Å²) in [4.78, 5) is 8.33. The first kappa shape index (κ1) is 25.0. The molecule has 0 amide bonds. The van der Waals surface area contributed by atoms with E-state index in [2.05, 4.69) is 70.1 Å². The minimum absolute atomic E-state index is 0.591. The maximum absolute atomic E-state index is 5.27. The second-order valence-corrected chi connectivity index (χ2v) is 10.2. The Balaban J connectivity index is 2.86. The molecule has 26 heavy (non-hydrogen) atoms. The monoisotopic (exact) mass is 504 g/mol. The largest absolute Gasteiger partial charge is 0.356 e. The molecule has 0 aromatic carbocycles. The van der Waals surface area contributed by atoms with Crippen LogP contribution >= 0.6 is 99.4 Å². The van der Waals surface area contributed by atoms with Gasteiger partial charge < -0.3 is 19.6 Å². The van der Waals surface area contributed by atoms with E-state index in [0.29, 0.717) is 17.3 Å². The van der Waals surface area contributed by atoms with E-state index in [1.54, 1.807) is 0 Å². The molecule has 1 heterocycles. The number of hydrogen-bond acceptors (Lipinski definition) is 4. The highest BCUT2D eigenvalue weighted by Crippen LogP contribution is 2.09. The van der Waals surface area contributed by atoms with Gasteiger partial charge in [0, 0.05) is 52.4 Å². The molecule has 0 N–H and O–H groups in total. The smallest absolute Gasteiger partial charge is 0.133 e. The summed E-state index contributed by atoms with van der Waals surface area (Å²) < 4.78 is 2.37. The standard InChI is InChI=1S/C14H24N4S8/c19-11(20)15-3-1-4-16(12(21)22)8-10-18(14(25)26)6-2-5-17(9-7-15)13(23)24/h1-10H2,(H,19,20)(H,21,22)(H,23,24)(H,25,26). The lowest BCUT2D eigenvalue weighted by atomic mass is 10.3. The lowest BCUT2D eigenvalue weighted by molar-refractivity contribution is 0.292. The Bertz CT molecular complexity index is 439. The van der Waals surface area contributed by atoms with Gasteiger partial charge >= 0.3 is 0 Å². The van der Waals surface area contributed by atoms with Crippen molar-refractivity contribution in [1.29, 1.82) is 0 Å². The minimum atomic E-state index is 0.591. The Kier molecular flexibility index (Phi) is 12.7. The fourth-order valence-corrected chi connectivity index (χ4v) is 4.13. The van der Waals surface area contributed by atoms with E-state index in [4.69, 9.17) is 48.9 Å². The van der Waals surface area contributed by atoms with Gasteiger partial charge in [-0.2, -0.15) is 0 Å². The maximum atomic E-state index is 5.27. The van der Waals surface area contributed by atoms with Gasteiger partial charge in [-0.15, -0.1) is 50.5 Å². The molecule has 0 unspecified atom stereocenters. The molecule has 4 nitrogen and oxygen atoms in total. The zero-order chi connectivity index (χ0) is 19.7. The molecule has 0 radical (unpaired) electrons. The van der Waals surface area contributed by atoms with Crippen LogP contribution in [0.4, 0.5) is 0 Å². The molecule has 1 fully saturated rings. The predicted molar refractivity (Wildman–Crippen MR) is 142 cm³/mol. The van der Waals surface area contributed by atoms with Crippen molar-refractivity contribution in [2.45, 2.75) is 12.8 Å². The van der Waals surface area contributed by atoms with E-state index < -0.39 is 0 Å². The van der Waals surface area contributed by atoms with Crippen LogP contribution in [-0.2, 0) is 0 Å². The van der Waals surface area contributed by atoms with E-state index >= 15 is 0 Å². The second-order valence-electron chi connectivity index (χ2n) is 5.79. The zero-order valence-corrected chi connectivity index (χ0v) is 21.1. The van der Waals surface area contributed by atoms with Crippen LogP contribution in [0.5, 0.6) is 0 Å². The van der Waals surface area contributed by atoms with Gasteiger partial charge in [-0.1, -0.05) is 48.9 Å². The molecular weight excluding hydrogens is 481 g/mol. The molecule has 0 aromatic heterocycles. The van der Waals surface area contributed by atoms with Gasteiger partial charge in [0.25, 0.3) is 0 Å². The van der Waals surface area contributed by atoms with Gasteiger partial charge in [0.1, 0.15) is 17.3 Å². The first-order valence-electron chi connectivity index (χ1n) is 8.14. The van der Waals surface area contributed by atoms with E-state index in [0.717, 1.165) is 65.2 Å². The van der Waals surface area contributed by atoms with Crippen LogP contribution in [0.3, 0.4) is 0 Å². The maximum Gasteiger partial charge on any atom is 0.133 e. The topological polar surface area (TPSA) is 13.0 Å². The SMILES string of the molecule is S=C(S)N1CCCN(C(=S)S)CCN(C(=S)S)CCCN(C(=S)S)CC1. The molecule has 12 heteroatoms. The molecular formula is C14H24N4S8. The van der Waals surface area contributed by atoms with E-state index in [9.17, 15) is 0 Å². The second kappa shape index (κ2) is 13.2. The van der Waals surface area contributed by atoms with Crippen molar-refractivity contribution in [3.8, 4) is 0 Å². The van der Waals surface area contributed by atoms with E-state index in [-0.39, 0.29) is 0 Å². The molecule has 148 valence electrons. The zero-order valence-electron chi connectivity index (χ0n) is 14.3. The summed E-state index contributed by atoms with van der Waals surface area (Å²) in [5.74, 6) is 0. The molecule has 0 aromatic rings. The van der Waals surface area contributed by atoms with Crippen molar-refractivity contribution in [2.24, 2.45) is 0 Å². The third-order valence-electron chi connectivity index (χ3n) is 4.07. The van der Waals surface area contributed by atoms with Crippen LogP contribution < -0.4 is 0 Å². The lowest BCUT2D eigenvalue weighted by Gasteiger charge is -2.32. The Morgan fingerprint density at radius 3 is 0.769 bits per heavy atom. The van der Waals surface area contributed by atoms with Crippen LogP contribution in [0.25, 0.3) is 0 Å². The van der Waals surface area contributed by atoms with Gasteiger partial charge in [-0.05, 0) is 12.8 Å². The third kappa shape index (κ3) is 9.44. The number of hydrogen-bond donors (Lipinski definition) is 4. The van der Waals surface area contributed by atoms with Crippen LogP contribution in [0.15, 0.2) is 0 Å². The summed E-state index contributed by atoms with van der Waals surface area (Å²) in [5, 5.41) is 0. The highest BCUT2D eigenvalue weighted by Gasteiger charge is 2.16. The van der Waals surface area contributed by atoms with Crippen molar-refractivity contribution in [1.82, 2.24) is 19.6 Å². The normalized spacial score (nSPS) is 18.3. The highest BCUT2D eigenvalue weighted by molar-refractivity contribution is 8.11. The molecule has 0 bridgehead atoms. The fraction of sp³-hybridized carbons (Fsp3) is 0.714. The average Bonchev–Trinajstić information content (AvgIpc) is 2.54. The van der Waals surface area contributed by atoms with Gasteiger partial charge in [0.2, 0.25) is 0 Å². The van der Waals surface area contributed by atoms with Crippen molar-refractivity contribution in [3.63, 3.8) is 0 Å². The molecule has 0 spiro atoms. The molecule has 1 aliphatic heterocycles. The van der Waals surface area contributed by atoms with Gasteiger partial charge in [0.05, 0.1) is 0 Å². The molecule has 0 saturated carbocycles. The lowest BCUT2D eigenvalue weighted by Crippen LogP contribution is -2.43. The Labute approximate surface area is 200 Å². The number of rotatable bonds is 0. The van der Waals surface area contributed by atoms with Crippen LogP contribution in [-0.4, -0.2) is 89.2 Å².